The van der Waals surface area contributed by atoms with Crippen molar-refractivity contribution < 1.29 is 20.4 Å². The number of aliphatic hydroxyl groups is 4. The van der Waals surface area contributed by atoms with E-state index in [2.05, 4.69) is 26.8 Å². The molecule has 0 radical (unpaired) electrons. The predicted octanol–water partition coefficient (Wildman–Crippen LogP) is 3.54. The van der Waals surface area contributed by atoms with Gasteiger partial charge >= 0.3 is 0 Å². The molecule has 4 nitrogen and oxygen atoms in total. The van der Waals surface area contributed by atoms with E-state index < -0.39 is 6.10 Å². The van der Waals surface area contributed by atoms with Gasteiger partial charge in [0.05, 0.1) is 24.9 Å². The Labute approximate surface area is 155 Å². The molecule has 0 heterocycles. The van der Waals surface area contributed by atoms with E-state index in [4.69, 9.17) is 10.2 Å². The summed E-state index contributed by atoms with van der Waals surface area (Å²) in [5.41, 5.74) is 0. The summed E-state index contributed by atoms with van der Waals surface area (Å²) in [7, 11) is 0. The average molecular weight is 359 g/mol. The van der Waals surface area contributed by atoms with Crippen LogP contribution in [0.5, 0.6) is 0 Å². The van der Waals surface area contributed by atoms with Crippen molar-refractivity contribution in [1.82, 2.24) is 0 Å². The lowest BCUT2D eigenvalue weighted by molar-refractivity contribution is 0.0732. The summed E-state index contributed by atoms with van der Waals surface area (Å²) in [6.45, 7) is 13.9. The summed E-state index contributed by atoms with van der Waals surface area (Å²) < 4.78 is 0. The fourth-order valence-corrected chi connectivity index (χ4v) is 2.45. The molecule has 0 bridgehead atoms. The quantitative estimate of drug-likeness (QED) is 0.450. The molecule has 0 saturated heterocycles. The van der Waals surface area contributed by atoms with Crippen molar-refractivity contribution in [2.24, 2.45) is 23.7 Å². The van der Waals surface area contributed by atoms with Gasteiger partial charge in [0.25, 0.3) is 0 Å². The van der Waals surface area contributed by atoms with Gasteiger partial charge in [-0.3, -0.25) is 0 Å². The van der Waals surface area contributed by atoms with E-state index in [1.165, 1.54) is 0 Å². The molecule has 150 valence electrons. The lowest BCUT2D eigenvalue weighted by atomic mass is 9.92. The summed E-state index contributed by atoms with van der Waals surface area (Å²) >= 11 is 0. The van der Waals surface area contributed by atoms with Crippen LogP contribution in [-0.4, -0.2) is 45.3 Å². The Hall–Kier alpha value is -0.680. The van der Waals surface area contributed by atoms with Crippen molar-refractivity contribution in [3.8, 4) is 0 Å². The van der Waals surface area contributed by atoms with Crippen molar-refractivity contribution in [2.45, 2.75) is 79.6 Å². The van der Waals surface area contributed by atoms with E-state index in [0.29, 0.717) is 11.8 Å². The highest BCUT2D eigenvalue weighted by Crippen LogP contribution is 2.16. The molecule has 1 unspecified atom stereocenters. The normalized spacial score (nSPS) is 18.3. The van der Waals surface area contributed by atoms with E-state index in [1.807, 2.05) is 33.8 Å². The van der Waals surface area contributed by atoms with Crippen LogP contribution in [0.1, 0.15) is 61.3 Å². The second-order valence-corrected chi connectivity index (χ2v) is 7.64. The lowest BCUT2D eigenvalue weighted by Crippen LogP contribution is -2.23. The zero-order chi connectivity index (χ0) is 20.0. The molecule has 0 saturated carbocycles. The van der Waals surface area contributed by atoms with Crippen LogP contribution in [0.4, 0.5) is 0 Å². The van der Waals surface area contributed by atoms with Crippen LogP contribution in [0.15, 0.2) is 24.3 Å². The molecular weight excluding hydrogens is 316 g/mol. The van der Waals surface area contributed by atoms with Crippen molar-refractivity contribution in [1.29, 1.82) is 0 Å². The molecule has 0 fully saturated rings. The minimum atomic E-state index is -0.779. The third-order valence-corrected chi connectivity index (χ3v) is 4.33. The van der Waals surface area contributed by atoms with E-state index in [1.54, 1.807) is 12.2 Å². The Morgan fingerprint density at radius 2 is 1.12 bits per heavy atom. The van der Waals surface area contributed by atoms with Gasteiger partial charge in [-0.1, -0.05) is 65.8 Å². The van der Waals surface area contributed by atoms with Gasteiger partial charge in [-0.25, -0.2) is 0 Å². The third-order valence-electron chi connectivity index (χ3n) is 4.33. The third kappa shape index (κ3) is 14.2. The zero-order valence-electron chi connectivity index (χ0n) is 17.3. The lowest BCUT2D eigenvalue weighted by Gasteiger charge is -2.20. The van der Waals surface area contributed by atoms with Gasteiger partial charge in [-0.15, -0.1) is 0 Å². The smallest absolute Gasteiger partial charge is 0.0951 e. The van der Waals surface area contributed by atoms with Crippen LogP contribution in [0.2, 0.25) is 0 Å². The second-order valence-electron chi connectivity index (χ2n) is 7.64. The molecular formula is C21H42O4. The minimum absolute atomic E-state index is 0.161. The van der Waals surface area contributed by atoms with Crippen LogP contribution < -0.4 is 0 Å². The number of allylic oxidation sites excluding steroid dienone is 3. The summed E-state index contributed by atoms with van der Waals surface area (Å²) in [4.78, 5) is 0. The first kappa shape index (κ1) is 26.5. The van der Waals surface area contributed by atoms with Gasteiger partial charge in [-0.2, -0.15) is 0 Å². The number of hydrogen-bond acceptors (Lipinski definition) is 4. The fraction of sp³-hybridized carbons (Fsp3) is 0.810. The van der Waals surface area contributed by atoms with Gasteiger partial charge in [0.1, 0.15) is 0 Å². The average Bonchev–Trinajstić information content (AvgIpc) is 2.57. The van der Waals surface area contributed by atoms with E-state index in [9.17, 15) is 10.2 Å². The standard InChI is InChI=1S/C11H22O3.C10H20O/c1-8(2)11(14)9(3)5-4-6-10(13)7-12;1-5-6-7-9(4)10(11)8(2)3/h4,6,8-14H,5,7H2,1-3H3;5-6,8-11H,7H2,1-4H3/b6-4-;6-5+/t9-,10?,11+;9-,10+/m11/s1. The molecule has 4 heteroatoms. The van der Waals surface area contributed by atoms with E-state index >= 15 is 0 Å². The molecule has 25 heavy (non-hydrogen) atoms. The Morgan fingerprint density at radius 1 is 0.720 bits per heavy atom. The van der Waals surface area contributed by atoms with Crippen molar-refractivity contribution >= 4 is 0 Å². The molecule has 0 aliphatic heterocycles. The molecule has 0 aromatic rings. The first-order valence-corrected chi connectivity index (χ1v) is 9.51. The first-order valence-electron chi connectivity index (χ1n) is 9.51. The molecule has 0 amide bonds. The zero-order valence-corrected chi connectivity index (χ0v) is 17.3. The van der Waals surface area contributed by atoms with Gasteiger partial charge in [-0.05, 0) is 43.4 Å². The Balaban J connectivity index is 0. The molecule has 0 aromatic heterocycles. The fourth-order valence-electron chi connectivity index (χ4n) is 2.45. The van der Waals surface area contributed by atoms with Crippen LogP contribution in [0.3, 0.4) is 0 Å². The largest absolute Gasteiger partial charge is 0.393 e. The number of hydrogen-bond donors (Lipinski definition) is 4. The summed E-state index contributed by atoms with van der Waals surface area (Å²) in [6, 6.07) is 0. The molecule has 0 aliphatic carbocycles. The Kier molecular flexibility index (Phi) is 16.5. The number of aliphatic hydroxyl groups excluding tert-OH is 4. The maximum absolute atomic E-state index is 9.67. The Bertz CT molecular complexity index is 350. The van der Waals surface area contributed by atoms with E-state index in [-0.39, 0.29) is 30.7 Å². The molecule has 0 aliphatic rings. The maximum atomic E-state index is 9.67. The van der Waals surface area contributed by atoms with Crippen LogP contribution >= 0.6 is 0 Å². The van der Waals surface area contributed by atoms with Crippen molar-refractivity contribution in [3.63, 3.8) is 0 Å². The summed E-state index contributed by atoms with van der Waals surface area (Å²) in [5.74, 6) is 1.18. The molecule has 0 aromatic carbocycles. The van der Waals surface area contributed by atoms with Gasteiger partial charge in [0, 0.05) is 0 Å². The monoisotopic (exact) mass is 358 g/mol. The highest BCUT2D eigenvalue weighted by molar-refractivity contribution is 4.90. The first-order chi connectivity index (χ1) is 11.6. The van der Waals surface area contributed by atoms with Crippen LogP contribution in [-0.2, 0) is 0 Å². The SMILES string of the molecule is C/C=C/C[C@@H](C)[C@@H](O)C(C)C.CC(C)[C@H](O)[C@H](C)C/C=C\C(O)CO. The van der Waals surface area contributed by atoms with Crippen molar-refractivity contribution in [2.75, 3.05) is 6.61 Å². The minimum Gasteiger partial charge on any atom is -0.393 e. The summed E-state index contributed by atoms with van der Waals surface area (Å²) in [5, 5.41) is 36.8. The highest BCUT2D eigenvalue weighted by atomic mass is 16.3. The Morgan fingerprint density at radius 3 is 1.44 bits per heavy atom. The van der Waals surface area contributed by atoms with Gasteiger partial charge < -0.3 is 20.4 Å². The van der Waals surface area contributed by atoms with Gasteiger partial charge in [0.15, 0.2) is 0 Å². The van der Waals surface area contributed by atoms with Gasteiger partial charge in [0.2, 0.25) is 0 Å². The predicted molar refractivity (Wildman–Crippen MR) is 106 cm³/mol. The summed E-state index contributed by atoms with van der Waals surface area (Å²) in [6.07, 6.45) is 7.95. The molecule has 0 spiro atoms. The molecule has 4 N–H and O–H groups in total. The van der Waals surface area contributed by atoms with Crippen molar-refractivity contribution in [3.05, 3.63) is 24.3 Å². The van der Waals surface area contributed by atoms with E-state index in [0.717, 1.165) is 12.8 Å². The highest BCUT2D eigenvalue weighted by Gasteiger charge is 2.16. The van der Waals surface area contributed by atoms with Crippen LogP contribution in [0, 0.1) is 23.7 Å². The molecule has 5 atom stereocenters. The number of rotatable bonds is 10. The second kappa shape index (κ2) is 15.6. The maximum Gasteiger partial charge on any atom is 0.0951 e. The van der Waals surface area contributed by atoms with Crippen LogP contribution in [0.25, 0.3) is 0 Å². The molecule has 0 rings (SSSR count). The topological polar surface area (TPSA) is 80.9 Å².